The van der Waals surface area contributed by atoms with E-state index < -0.39 is 0 Å². The van der Waals surface area contributed by atoms with Crippen molar-refractivity contribution in [3.8, 4) is 20.2 Å². The van der Waals surface area contributed by atoms with E-state index in [1.165, 1.54) is 31.3 Å². The minimum atomic E-state index is 0.832. The van der Waals surface area contributed by atoms with Gasteiger partial charge in [-0.25, -0.2) is 0 Å². The predicted molar refractivity (Wildman–Crippen MR) is 97.2 cm³/mol. The molecular formula is C19H18OS2. The smallest absolute Gasteiger partial charge is 0.150 e. The second-order valence-electron chi connectivity index (χ2n) is 5.13. The van der Waals surface area contributed by atoms with E-state index in [1.807, 2.05) is 17.4 Å². The quantitative estimate of drug-likeness (QED) is 0.519. The van der Waals surface area contributed by atoms with Gasteiger partial charge in [0.15, 0.2) is 0 Å². The summed E-state index contributed by atoms with van der Waals surface area (Å²) in [6.07, 6.45) is 2.83. The monoisotopic (exact) mass is 326 g/mol. The lowest BCUT2D eigenvalue weighted by molar-refractivity contribution is 0.112. The van der Waals surface area contributed by atoms with Crippen LogP contribution in [0.2, 0.25) is 0 Å². The Hall–Kier alpha value is -1.71. The molecular weight excluding hydrogens is 308 g/mol. The van der Waals surface area contributed by atoms with E-state index in [-0.39, 0.29) is 0 Å². The summed E-state index contributed by atoms with van der Waals surface area (Å²) in [5.74, 6) is 0. The number of rotatable bonds is 5. The van der Waals surface area contributed by atoms with Crippen molar-refractivity contribution >= 4 is 29.0 Å². The first-order valence-corrected chi connectivity index (χ1v) is 9.22. The molecule has 0 saturated carbocycles. The van der Waals surface area contributed by atoms with Crippen LogP contribution in [0.25, 0.3) is 20.2 Å². The largest absolute Gasteiger partial charge is 0.298 e. The third-order valence-electron chi connectivity index (χ3n) is 3.94. The van der Waals surface area contributed by atoms with Crippen LogP contribution in [0.15, 0.2) is 41.8 Å². The second kappa shape index (κ2) is 6.59. The van der Waals surface area contributed by atoms with Crippen LogP contribution in [0.4, 0.5) is 0 Å². The lowest BCUT2D eigenvalue weighted by Crippen LogP contribution is -1.99. The number of carbonyl (C=O) groups excluding carboxylic acids is 1. The molecule has 3 aromatic rings. The number of benzene rings is 1. The second-order valence-corrected chi connectivity index (χ2v) is 7.16. The molecule has 2 heterocycles. The Kier molecular flexibility index (Phi) is 4.55. The van der Waals surface area contributed by atoms with Crippen LogP contribution in [0.1, 0.15) is 35.3 Å². The summed E-state index contributed by atoms with van der Waals surface area (Å²) in [6.45, 7) is 4.29. The van der Waals surface area contributed by atoms with E-state index >= 15 is 0 Å². The average Bonchev–Trinajstić information content (AvgIpc) is 3.23. The predicted octanol–water partition coefficient (Wildman–Crippen LogP) is 6.08. The van der Waals surface area contributed by atoms with Crippen LogP contribution in [-0.4, -0.2) is 6.29 Å². The number of aldehydes is 1. The molecule has 3 heteroatoms. The SMILES string of the molecule is CCc1c(C=O)ccc(-c2ccc(-c3cccs3)s2)c1CC. The molecule has 3 rings (SSSR count). The number of hydrogen-bond donors (Lipinski definition) is 0. The van der Waals surface area contributed by atoms with Crippen LogP contribution in [-0.2, 0) is 12.8 Å². The molecule has 0 N–H and O–H groups in total. The van der Waals surface area contributed by atoms with Gasteiger partial charge in [0, 0.05) is 20.2 Å². The molecule has 1 nitrogen and oxygen atoms in total. The average molecular weight is 326 g/mol. The Morgan fingerprint density at radius 2 is 1.68 bits per heavy atom. The number of carbonyl (C=O) groups is 1. The van der Waals surface area contributed by atoms with Crippen molar-refractivity contribution in [1.82, 2.24) is 0 Å². The molecule has 0 saturated heterocycles. The molecule has 2 aromatic heterocycles. The van der Waals surface area contributed by atoms with Crippen molar-refractivity contribution in [3.05, 3.63) is 58.5 Å². The lowest BCUT2D eigenvalue weighted by atomic mass is 9.92. The van der Waals surface area contributed by atoms with Gasteiger partial charge in [0.2, 0.25) is 0 Å². The summed E-state index contributed by atoms with van der Waals surface area (Å²) in [5.41, 5.74) is 4.61. The van der Waals surface area contributed by atoms with E-state index in [0.29, 0.717) is 0 Å². The van der Waals surface area contributed by atoms with Crippen LogP contribution in [0, 0.1) is 0 Å². The standard InChI is InChI=1S/C19H18OS2/c1-3-14-13(12-20)7-8-16(15(14)4-2)17-9-10-19(22-17)18-6-5-11-21-18/h5-12H,3-4H2,1-2H3. The molecule has 0 fully saturated rings. The van der Waals surface area contributed by atoms with Crippen LogP contribution >= 0.6 is 22.7 Å². The van der Waals surface area contributed by atoms with E-state index in [2.05, 4.69) is 49.6 Å². The highest BCUT2D eigenvalue weighted by Gasteiger charge is 2.14. The zero-order chi connectivity index (χ0) is 15.5. The first kappa shape index (κ1) is 15.2. The van der Waals surface area contributed by atoms with Crippen molar-refractivity contribution in [1.29, 1.82) is 0 Å². The van der Waals surface area contributed by atoms with Gasteiger partial charge in [0.25, 0.3) is 0 Å². The normalized spacial score (nSPS) is 10.8. The number of hydrogen-bond acceptors (Lipinski definition) is 3. The van der Waals surface area contributed by atoms with Crippen molar-refractivity contribution in [3.63, 3.8) is 0 Å². The van der Waals surface area contributed by atoms with Gasteiger partial charge in [-0.15, -0.1) is 22.7 Å². The summed E-state index contributed by atoms with van der Waals surface area (Å²) in [4.78, 5) is 15.2. The summed E-state index contributed by atoms with van der Waals surface area (Å²) in [7, 11) is 0. The summed E-state index contributed by atoms with van der Waals surface area (Å²) < 4.78 is 0. The number of thiophene rings is 2. The van der Waals surface area contributed by atoms with Gasteiger partial charge in [0.05, 0.1) is 0 Å². The highest BCUT2D eigenvalue weighted by molar-refractivity contribution is 7.23. The molecule has 22 heavy (non-hydrogen) atoms. The van der Waals surface area contributed by atoms with Crippen molar-refractivity contribution in [2.45, 2.75) is 26.7 Å². The van der Waals surface area contributed by atoms with Crippen LogP contribution in [0.3, 0.4) is 0 Å². The van der Waals surface area contributed by atoms with E-state index in [1.54, 1.807) is 11.3 Å². The lowest BCUT2D eigenvalue weighted by Gasteiger charge is -2.13. The van der Waals surface area contributed by atoms with Gasteiger partial charge in [-0.05, 0) is 53.1 Å². The van der Waals surface area contributed by atoms with Gasteiger partial charge in [0.1, 0.15) is 6.29 Å². The summed E-state index contributed by atoms with van der Waals surface area (Å²) >= 11 is 3.60. The molecule has 0 unspecified atom stereocenters. The Bertz CT molecular complexity index is 782. The Morgan fingerprint density at radius 3 is 2.32 bits per heavy atom. The summed E-state index contributed by atoms with van der Waals surface area (Å²) in [6, 6.07) is 12.7. The molecule has 1 aromatic carbocycles. The Labute approximate surface area is 139 Å². The fourth-order valence-corrected chi connectivity index (χ4v) is 4.80. The first-order valence-electron chi connectivity index (χ1n) is 7.52. The molecule has 0 aliphatic rings. The highest BCUT2D eigenvalue weighted by Crippen LogP contribution is 2.39. The van der Waals surface area contributed by atoms with E-state index in [0.717, 1.165) is 24.7 Å². The highest BCUT2D eigenvalue weighted by atomic mass is 32.1. The fraction of sp³-hybridized carbons (Fsp3) is 0.211. The molecule has 0 radical (unpaired) electrons. The van der Waals surface area contributed by atoms with Gasteiger partial charge >= 0.3 is 0 Å². The minimum absolute atomic E-state index is 0.832. The molecule has 0 bridgehead atoms. The van der Waals surface area contributed by atoms with E-state index in [9.17, 15) is 4.79 Å². The van der Waals surface area contributed by atoms with Gasteiger partial charge in [-0.3, -0.25) is 4.79 Å². The molecule has 0 atom stereocenters. The maximum atomic E-state index is 11.3. The van der Waals surface area contributed by atoms with E-state index in [4.69, 9.17) is 0 Å². The zero-order valence-corrected chi connectivity index (χ0v) is 14.4. The zero-order valence-electron chi connectivity index (χ0n) is 12.8. The topological polar surface area (TPSA) is 17.1 Å². The summed E-state index contributed by atoms with van der Waals surface area (Å²) in [5, 5.41) is 2.11. The van der Waals surface area contributed by atoms with Crippen molar-refractivity contribution in [2.24, 2.45) is 0 Å². The third-order valence-corrected chi connectivity index (χ3v) is 6.12. The minimum Gasteiger partial charge on any atom is -0.298 e. The van der Waals surface area contributed by atoms with Gasteiger partial charge in [-0.2, -0.15) is 0 Å². The maximum Gasteiger partial charge on any atom is 0.150 e. The van der Waals surface area contributed by atoms with Crippen LogP contribution < -0.4 is 0 Å². The van der Waals surface area contributed by atoms with Crippen LogP contribution in [0.5, 0.6) is 0 Å². The Morgan fingerprint density at radius 1 is 0.909 bits per heavy atom. The van der Waals surface area contributed by atoms with Gasteiger partial charge in [-0.1, -0.05) is 32.0 Å². The van der Waals surface area contributed by atoms with Crippen molar-refractivity contribution in [2.75, 3.05) is 0 Å². The third kappa shape index (κ3) is 2.67. The van der Waals surface area contributed by atoms with Gasteiger partial charge < -0.3 is 0 Å². The Balaban J connectivity index is 2.10. The molecule has 0 amide bonds. The van der Waals surface area contributed by atoms with Crippen molar-refractivity contribution < 1.29 is 4.79 Å². The first-order chi connectivity index (χ1) is 10.8. The fourth-order valence-electron chi connectivity index (χ4n) is 2.91. The molecule has 0 aliphatic heterocycles. The molecule has 112 valence electrons. The maximum absolute atomic E-state index is 11.3. The molecule has 0 spiro atoms. The molecule has 0 aliphatic carbocycles.